The Morgan fingerprint density at radius 1 is 1.29 bits per heavy atom. The second-order valence-electron chi connectivity index (χ2n) is 3.99. The predicted molar refractivity (Wildman–Crippen MR) is 67.0 cm³/mol. The number of allylic oxidation sites excluding steroid dienone is 2. The molecule has 2 rings (SSSR count). The van der Waals surface area contributed by atoms with Gasteiger partial charge in [-0.25, -0.2) is 4.98 Å². The summed E-state index contributed by atoms with van der Waals surface area (Å²) in [5.74, 6) is -0.339. The van der Waals surface area contributed by atoms with E-state index in [1.165, 1.54) is 23.5 Å². The van der Waals surface area contributed by atoms with Crippen LogP contribution in [-0.2, 0) is 0 Å². The van der Waals surface area contributed by atoms with Crippen molar-refractivity contribution in [1.82, 2.24) is 9.88 Å². The summed E-state index contributed by atoms with van der Waals surface area (Å²) < 4.78 is 0. The lowest BCUT2D eigenvalue weighted by Gasteiger charge is -2.08. The van der Waals surface area contributed by atoms with Gasteiger partial charge in [0.05, 0.1) is 0 Å². The Morgan fingerprint density at radius 3 is 2.65 bits per heavy atom. The number of hydrogen-bond donors (Lipinski definition) is 1. The second-order valence-corrected chi connectivity index (χ2v) is 4.99. The molecule has 5 nitrogen and oxygen atoms in total. The van der Waals surface area contributed by atoms with Gasteiger partial charge in [-0.1, -0.05) is 11.3 Å². The number of fused-ring (bicyclic) bond motifs is 1. The van der Waals surface area contributed by atoms with Crippen LogP contribution in [0.2, 0.25) is 0 Å². The summed E-state index contributed by atoms with van der Waals surface area (Å²) in [6.07, 6.45) is 2.57. The molecule has 0 aliphatic heterocycles. The third-order valence-electron chi connectivity index (χ3n) is 2.31. The van der Waals surface area contributed by atoms with E-state index in [4.69, 9.17) is 0 Å². The van der Waals surface area contributed by atoms with Crippen LogP contribution < -0.4 is 5.32 Å². The summed E-state index contributed by atoms with van der Waals surface area (Å²) in [6, 6.07) is 0. The van der Waals surface area contributed by atoms with Crippen LogP contribution in [-0.4, -0.2) is 48.6 Å². The van der Waals surface area contributed by atoms with E-state index in [1.807, 2.05) is 19.0 Å². The first-order valence-corrected chi connectivity index (χ1v) is 6.06. The number of anilines is 1. The molecule has 17 heavy (non-hydrogen) atoms. The molecule has 0 atom stereocenters. The largest absolute Gasteiger partial charge is 0.360 e. The minimum absolute atomic E-state index is 0.141. The molecular formula is C11H13N3O2S. The Balaban J connectivity index is 2.10. The maximum Gasteiger partial charge on any atom is 0.206 e. The molecule has 0 radical (unpaired) electrons. The van der Waals surface area contributed by atoms with E-state index in [1.54, 1.807) is 0 Å². The van der Waals surface area contributed by atoms with Gasteiger partial charge in [0.2, 0.25) is 5.78 Å². The molecule has 0 saturated heterocycles. The highest BCUT2D eigenvalue weighted by Crippen LogP contribution is 2.26. The zero-order valence-electron chi connectivity index (χ0n) is 9.69. The van der Waals surface area contributed by atoms with Crippen molar-refractivity contribution in [2.75, 3.05) is 32.5 Å². The maximum absolute atomic E-state index is 11.5. The summed E-state index contributed by atoms with van der Waals surface area (Å²) in [4.78, 5) is 29.6. The van der Waals surface area contributed by atoms with E-state index >= 15 is 0 Å². The molecule has 0 saturated carbocycles. The lowest BCUT2D eigenvalue weighted by Crippen LogP contribution is -2.20. The SMILES string of the molecule is CN(C)CCNc1nc2c(s1)C(=O)C=CC2=O. The highest BCUT2D eigenvalue weighted by Gasteiger charge is 2.24. The molecule has 0 aromatic carbocycles. The zero-order chi connectivity index (χ0) is 12.4. The molecular weight excluding hydrogens is 238 g/mol. The van der Waals surface area contributed by atoms with Crippen molar-refractivity contribution in [3.05, 3.63) is 22.7 Å². The van der Waals surface area contributed by atoms with Crippen molar-refractivity contribution < 1.29 is 9.59 Å². The Morgan fingerprint density at radius 2 is 2.00 bits per heavy atom. The molecule has 1 N–H and O–H groups in total. The van der Waals surface area contributed by atoms with Gasteiger partial charge in [-0.05, 0) is 26.2 Å². The molecule has 0 bridgehead atoms. The Bertz CT molecular complexity index is 455. The summed E-state index contributed by atoms with van der Waals surface area (Å²) in [6.45, 7) is 1.60. The number of nitrogens with zero attached hydrogens (tertiary/aromatic N) is 2. The predicted octanol–water partition coefficient (Wildman–Crippen LogP) is 1.05. The number of likely N-dealkylation sites (N-methyl/N-ethyl adjacent to an activating group) is 1. The van der Waals surface area contributed by atoms with E-state index < -0.39 is 0 Å². The van der Waals surface area contributed by atoms with Crippen molar-refractivity contribution in [1.29, 1.82) is 0 Å². The third-order valence-corrected chi connectivity index (χ3v) is 3.33. The van der Waals surface area contributed by atoms with Crippen LogP contribution in [0.5, 0.6) is 0 Å². The molecule has 1 aromatic rings. The number of carbonyl (C=O) groups is 2. The van der Waals surface area contributed by atoms with Gasteiger partial charge in [0.15, 0.2) is 10.9 Å². The molecule has 90 valence electrons. The van der Waals surface area contributed by atoms with Crippen LogP contribution >= 0.6 is 11.3 Å². The van der Waals surface area contributed by atoms with Crippen LogP contribution in [0.25, 0.3) is 0 Å². The van der Waals surface area contributed by atoms with Crippen molar-refractivity contribution in [3.8, 4) is 0 Å². The van der Waals surface area contributed by atoms with Gasteiger partial charge in [0, 0.05) is 13.1 Å². The third kappa shape index (κ3) is 2.59. The lowest BCUT2D eigenvalue weighted by atomic mass is 10.1. The summed E-state index contributed by atoms with van der Waals surface area (Å²) in [5, 5.41) is 3.73. The van der Waals surface area contributed by atoms with Crippen LogP contribution in [0.1, 0.15) is 20.2 Å². The van der Waals surface area contributed by atoms with E-state index in [0.29, 0.717) is 10.0 Å². The van der Waals surface area contributed by atoms with E-state index in [2.05, 4.69) is 10.3 Å². The number of thiazole rings is 1. The smallest absolute Gasteiger partial charge is 0.206 e. The maximum atomic E-state index is 11.5. The van der Waals surface area contributed by atoms with Crippen molar-refractivity contribution in [3.63, 3.8) is 0 Å². The fourth-order valence-electron chi connectivity index (χ4n) is 1.42. The highest BCUT2D eigenvalue weighted by molar-refractivity contribution is 7.18. The molecule has 0 spiro atoms. The first-order chi connectivity index (χ1) is 8.08. The molecule has 6 heteroatoms. The van der Waals surface area contributed by atoms with Crippen molar-refractivity contribution in [2.24, 2.45) is 0 Å². The first kappa shape index (κ1) is 11.9. The van der Waals surface area contributed by atoms with Crippen LogP contribution in [0.4, 0.5) is 5.13 Å². The molecule has 1 aliphatic rings. The molecule has 0 fully saturated rings. The number of aromatic nitrogens is 1. The van der Waals surface area contributed by atoms with Gasteiger partial charge in [-0.3, -0.25) is 9.59 Å². The molecule has 1 heterocycles. The Kier molecular flexibility index (Phi) is 3.35. The molecule has 1 aliphatic carbocycles. The topological polar surface area (TPSA) is 62.3 Å². The minimum atomic E-state index is -0.198. The van der Waals surface area contributed by atoms with Gasteiger partial charge in [0.1, 0.15) is 10.6 Å². The lowest BCUT2D eigenvalue weighted by molar-refractivity contribution is 0.0994. The number of nitrogens with one attached hydrogen (secondary N) is 1. The van der Waals surface area contributed by atoms with E-state index in [0.717, 1.165) is 13.1 Å². The Hall–Kier alpha value is -1.53. The number of hydrogen-bond acceptors (Lipinski definition) is 6. The molecule has 0 amide bonds. The summed E-state index contributed by atoms with van der Waals surface area (Å²) >= 11 is 1.24. The van der Waals surface area contributed by atoms with Crippen LogP contribution in [0, 0.1) is 0 Å². The number of carbonyl (C=O) groups excluding carboxylic acids is 2. The molecule has 0 unspecified atom stereocenters. The average Bonchev–Trinajstić information content (AvgIpc) is 2.68. The Labute approximate surface area is 103 Å². The average molecular weight is 251 g/mol. The van der Waals surface area contributed by atoms with Crippen LogP contribution in [0.3, 0.4) is 0 Å². The van der Waals surface area contributed by atoms with Gasteiger partial charge in [-0.2, -0.15) is 0 Å². The second kappa shape index (κ2) is 4.77. The standard InChI is InChI=1S/C11H13N3O2S/c1-14(2)6-5-12-11-13-9-7(15)3-4-8(16)10(9)17-11/h3-4H,5-6H2,1-2H3,(H,12,13). The van der Waals surface area contributed by atoms with Crippen LogP contribution in [0.15, 0.2) is 12.2 Å². The van der Waals surface area contributed by atoms with Gasteiger partial charge >= 0.3 is 0 Å². The summed E-state index contributed by atoms with van der Waals surface area (Å²) in [5.41, 5.74) is 0.273. The first-order valence-electron chi connectivity index (χ1n) is 5.24. The monoisotopic (exact) mass is 251 g/mol. The van der Waals surface area contributed by atoms with Gasteiger partial charge in [-0.15, -0.1) is 0 Å². The van der Waals surface area contributed by atoms with Gasteiger partial charge in [0.25, 0.3) is 0 Å². The fraction of sp³-hybridized carbons (Fsp3) is 0.364. The molecule has 1 aromatic heterocycles. The van der Waals surface area contributed by atoms with E-state index in [-0.39, 0.29) is 17.3 Å². The van der Waals surface area contributed by atoms with Gasteiger partial charge < -0.3 is 10.2 Å². The number of ketones is 2. The fourth-order valence-corrected chi connectivity index (χ4v) is 2.34. The minimum Gasteiger partial charge on any atom is -0.360 e. The zero-order valence-corrected chi connectivity index (χ0v) is 10.5. The highest BCUT2D eigenvalue weighted by atomic mass is 32.1. The quantitative estimate of drug-likeness (QED) is 0.866. The van der Waals surface area contributed by atoms with Crippen molar-refractivity contribution in [2.45, 2.75) is 0 Å². The van der Waals surface area contributed by atoms with E-state index in [9.17, 15) is 9.59 Å². The summed E-state index contributed by atoms with van der Waals surface area (Å²) in [7, 11) is 3.96. The number of rotatable bonds is 4. The van der Waals surface area contributed by atoms with Crippen molar-refractivity contribution >= 4 is 28.0 Å². The normalized spacial score (nSPS) is 14.3.